The molecule has 2 aromatic rings. The van der Waals surface area contributed by atoms with Crippen molar-refractivity contribution in [2.75, 3.05) is 5.32 Å². The Morgan fingerprint density at radius 2 is 2.08 bits per heavy atom. The molecular formula is C19H21N3O2S. The van der Waals surface area contributed by atoms with E-state index >= 15 is 0 Å². The molecule has 1 aromatic heterocycles. The number of hydrogen-bond acceptors (Lipinski definition) is 4. The maximum atomic E-state index is 13.0. The molecule has 2 heterocycles. The number of rotatable bonds is 3. The van der Waals surface area contributed by atoms with Crippen molar-refractivity contribution < 1.29 is 9.59 Å². The molecule has 5 nitrogen and oxygen atoms in total. The van der Waals surface area contributed by atoms with Crippen molar-refractivity contribution >= 4 is 28.3 Å². The Hall–Kier alpha value is -2.21. The van der Waals surface area contributed by atoms with Gasteiger partial charge in [-0.15, -0.1) is 11.3 Å². The van der Waals surface area contributed by atoms with Gasteiger partial charge < -0.3 is 4.90 Å². The molecule has 1 aliphatic heterocycles. The summed E-state index contributed by atoms with van der Waals surface area (Å²) in [4.78, 5) is 31.9. The lowest BCUT2D eigenvalue weighted by Crippen LogP contribution is -2.37. The van der Waals surface area contributed by atoms with Crippen LogP contribution in [0.4, 0.5) is 5.13 Å². The number of nitrogens with zero attached hydrogens (tertiary/aromatic N) is 2. The Morgan fingerprint density at radius 3 is 2.80 bits per heavy atom. The molecule has 1 aliphatic carbocycles. The van der Waals surface area contributed by atoms with Crippen molar-refractivity contribution in [3.8, 4) is 0 Å². The second-order valence-corrected chi connectivity index (χ2v) is 7.67. The van der Waals surface area contributed by atoms with E-state index in [1.54, 1.807) is 6.07 Å². The van der Waals surface area contributed by atoms with Crippen LogP contribution >= 0.6 is 11.3 Å². The molecule has 1 aromatic carbocycles. The van der Waals surface area contributed by atoms with E-state index in [9.17, 15) is 9.59 Å². The third kappa shape index (κ3) is 3.06. The summed E-state index contributed by atoms with van der Waals surface area (Å²) >= 11 is 1.39. The van der Waals surface area contributed by atoms with Gasteiger partial charge in [-0.05, 0) is 31.4 Å². The summed E-state index contributed by atoms with van der Waals surface area (Å²) in [5, 5.41) is 5.28. The third-order valence-electron chi connectivity index (χ3n) is 5.07. The number of nitrogens with one attached hydrogen (secondary N) is 1. The number of thiazole rings is 1. The van der Waals surface area contributed by atoms with E-state index < -0.39 is 0 Å². The first kappa shape index (κ1) is 16.3. The highest BCUT2D eigenvalue weighted by Gasteiger charge is 2.36. The molecule has 1 fully saturated rings. The van der Waals surface area contributed by atoms with Crippen LogP contribution in [0.15, 0.2) is 23.6 Å². The Labute approximate surface area is 151 Å². The molecule has 0 atom stereocenters. The topological polar surface area (TPSA) is 62.3 Å². The highest BCUT2D eigenvalue weighted by atomic mass is 32.1. The SMILES string of the molecule is Cc1csc(NC(=O)c2cccc3c2C(=O)N(C2CCCCC2)C3)n1. The normalized spacial score (nSPS) is 17.6. The number of carbonyl (C=O) groups excluding carboxylic acids is 2. The van der Waals surface area contributed by atoms with Crippen LogP contribution in [0, 0.1) is 6.92 Å². The Morgan fingerprint density at radius 1 is 1.28 bits per heavy atom. The molecule has 0 spiro atoms. The van der Waals surface area contributed by atoms with E-state index in [0.717, 1.165) is 24.1 Å². The summed E-state index contributed by atoms with van der Waals surface area (Å²) < 4.78 is 0. The highest BCUT2D eigenvalue weighted by molar-refractivity contribution is 7.13. The molecule has 1 N–H and O–H groups in total. The van der Waals surface area contributed by atoms with E-state index in [2.05, 4.69) is 10.3 Å². The molecule has 1 saturated carbocycles. The number of aromatic nitrogens is 1. The number of anilines is 1. The maximum absolute atomic E-state index is 13.0. The Balaban J connectivity index is 1.59. The zero-order valence-corrected chi connectivity index (χ0v) is 15.1. The van der Waals surface area contributed by atoms with Gasteiger partial charge in [-0.1, -0.05) is 31.4 Å². The standard InChI is InChI=1S/C19H21N3O2S/c1-12-11-25-19(20-12)21-17(23)15-9-5-6-13-10-22(18(24)16(13)15)14-7-3-2-4-8-14/h5-6,9,11,14H,2-4,7-8,10H2,1H3,(H,20,21,23). The largest absolute Gasteiger partial charge is 0.331 e. The number of amides is 2. The molecule has 2 aliphatic rings. The summed E-state index contributed by atoms with van der Waals surface area (Å²) in [6.45, 7) is 2.51. The van der Waals surface area contributed by atoms with Crippen molar-refractivity contribution in [3.63, 3.8) is 0 Å². The minimum atomic E-state index is -0.259. The van der Waals surface area contributed by atoms with Gasteiger partial charge in [-0.3, -0.25) is 14.9 Å². The van der Waals surface area contributed by atoms with Crippen molar-refractivity contribution in [1.82, 2.24) is 9.88 Å². The highest BCUT2D eigenvalue weighted by Crippen LogP contribution is 2.32. The summed E-state index contributed by atoms with van der Waals surface area (Å²) in [5.74, 6) is -0.256. The lowest BCUT2D eigenvalue weighted by Gasteiger charge is -2.30. The van der Waals surface area contributed by atoms with Crippen LogP contribution < -0.4 is 5.32 Å². The van der Waals surface area contributed by atoms with Gasteiger partial charge in [0.15, 0.2) is 5.13 Å². The van der Waals surface area contributed by atoms with E-state index in [1.165, 1.54) is 30.6 Å². The fraction of sp³-hybridized carbons (Fsp3) is 0.421. The fourth-order valence-corrected chi connectivity index (χ4v) is 4.52. The third-order valence-corrected chi connectivity index (χ3v) is 5.94. The first-order chi connectivity index (χ1) is 12.1. The minimum absolute atomic E-state index is 0.00275. The van der Waals surface area contributed by atoms with Gasteiger partial charge >= 0.3 is 0 Å². The molecule has 6 heteroatoms. The van der Waals surface area contributed by atoms with Gasteiger partial charge in [0.05, 0.1) is 16.8 Å². The van der Waals surface area contributed by atoms with E-state index in [1.807, 2.05) is 29.3 Å². The molecular weight excluding hydrogens is 334 g/mol. The van der Waals surface area contributed by atoms with E-state index in [0.29, 0.717) is 28.8 Å². The lowest BCUT2D eigenvalue weighted by molar-refractivity contribution is 0.0657. The van der Waals surface area contributed by atoms with Crippen LogP contribution in [-0.4, -0.2) is 27.7 Å². The number of carbonyl (C=O) groups is 2. The number of fused-ring (bicyclic) bond motifs is 1. The molecule has 2 amide bonds. The molecule has 25 heavy (non-hydrogen) atoms. The zero-order chi connectivity index (χ0) is 17.4. The first-order valence-electron chi connectivity index (χ1n) is 8.80. The lowest BCUT2D eigenvalue weighted by atomic mass is 9.94. The quantitative estimate of drug-likeness (QED) is 0.905. The van der Waals surface area contributed by atoms with Gasteiger partial charge in [0, 0.05) is 18.0 Å². The molecule has 0 bridgehead atoms. The van der Waals surface area contributed by atoms with Crippen molar-refractivity contribution in [1.29, 1.82) is 0 Å². The van der Waals surface area contributed by atoms with Crippen LogP contribution in [0.3, 0.4) is 0 Å². The second kappa shape index (κ2) is 6.59. The monoisotopic (exact) mass is 355 g/mol. The molecule has 4 rings (SSSR count). The van der Waals surface area contributed by atoms with Gasteiger partial charge in [0.25, 0.3) is 11.8 Å². The zero-order valence-electron chi connectivity index (χ0n) is 14.2. The molecule has 0 radical (unpaired) electrons. The number of aryl methyl sites for hydroxylation is 1. The molecule has 130 valence electrons. The Kier molecular flexibility index (Phi) is 4.29. The number of benzene rings is 1. The van der Waals surface area contributed by atoms with Crippen LogP contribution in [0.2, 0.25) is 0 Å². The van der Waals surface area contributed by atoms with Crippen LogP contribution in [0.1, 0.15) is 64.1 Å². The number of hydrogen-bond donors (Lipinski definition) is 1. The van der Waals surface area contributed by atoms with E-state index in [4.69, 9.17) is 0 Å². The van der Waals surface area contributed by atoms with Gasteiger partial charge in [0.2, 0.25) is 0 Å². The average molecular weight is 355 g/mol. The summed E-state index contributed by atoms with van der Waals surface area (Å²) in [5.41, 5.74) is 2.85. The molecule has 0 unspecified atom stereocenters. The van der Waals surface area contributed by atoms with Crippen LogP contribution in [-0.2, 0) is 6.54 Å². The summed E-state index contributed by atoms with van der Waals surface area (Å²) in [6, 6.07) is 5.86. The van der Waals surface area contributed by atoms with Crippen LogP contribution in [0.5, 0.6) is 0 Å². The predicted molar refractivity (Wildman–Crippen MR) is 98.0 cm³/mol. The summed E-state index contributed by atoms with van der Waals surface area (Å²) in [7, 11) is 0. The fourth-order valence-electron chi connectivity index (χ4n) is 3.84. The van der Waals surface area contributed by atoms with Crippen molar-refractivity contribution in [2.24, 2.45) is 0 Å². The minimum Gasteiger partial charge on any atom is -0.331 e. The average Bonchev–Trinajstić information content (AvgIpc) is 3.19. The molecule has 0 saturated heterocycles. The Bertz CT molecular complexity index is 824. The van der Waals surface area contributed by atoms with E-state index in [-0.39, 0.29) is 11.8 Å². The van der Waals surface area contributed by atoms with Gasteiger partial charge in [-0.2, -0.15) is 0 Å². The first-order valence-corrected chi connectivity index (χ1v) is 9.68. The van der Waals surface area contributed by atoms with Crippen molar-refractivity contribution in [3.05, 3.63) is 46.0 Å². The van der Waals surface area contributed by atoms with Gasteiger partial charge in [0.1, 0.15) is 0 Å². The summed E-state index contributed by atoms with van der Waals surface area (Å²) in [6.07, 6.45) is 5.76. The second-order valence-electron chi connectivity index (χ2n) is 6.81. The predicted octanol–water partition coefficient (Wildman–Crippen LogP) is 3.99. The smallest absolute Gasteiger partial charge is 0.258 e. The van der Waals surface area contributed by atoms with Gasteiger partial charge in [-0.25, -0.2) is 4.98 Å². The maximum Gasteiger partial charge on any atom is 0.258 e. The van der Waals surface area contributed by atoms with Crippen molar-refractivity contribution in [2.45, 2.75) is 51.6 Å². The van der Waals surface area contributed by atoms with Crippen LogP contribution in [0.25, 0.3) is 0 Å².